The molecule has 0 aliphatic carbocycles. The van der Waals surface area contributed by atoms with Gasteiger partial charge in [-0.3, -0.25) is 9.09 Å². The summed E-state index contributed by atoms with van der Waals surface area (Å²) in [6, 6.07) is 0. The van der Waals surface area contributed by atoms with Crippen molar-refractivity contribution in [1.82, 2.24) is 0 Å². The molecule has 3 atom stereocenters. The van der Waals surface area contributed by atoms with Crippen LogP contribution in [-0.2, 0) is 26.8 Å². The van der Waals surface area contributed by atoms with Crippen LogP contribution in [-0.4, -0.2) is 21.8 Å². The SMILES string of the molecule is COP(=O)(O)OP(=O)(O)O[PH](=O)O. The lowest BCUT2D eigenvalue weighted by Gasteiger charge is -2.12. The van der Waals surface area contributed by atoms with Gasteiger partial charge in [-0.15, -0.1) is 0 Å². The number of hydrogen-bond acceptors (Lipinski definition) is 6. The van der Waals surface area contributed by atoms with Crippen LogP contribution in [0.15, 0.2) is 0 Å². The van der Waals surface area contributed by atoms with Crippen LogP contribution in [0.5, 0.6) is 0 Å². The molecule has 0 saturated carbocycles. The van der Waals surface area contributed by atoms with E-state index >= 15 is 0 Å². The number of rotatable bonds is 5. The van der Waals surface area contributed by atoms with Gasteiger partial charge in [0.05, 0.1) is 0 Å². The van der Waals surface area contributed by atoms with Gasteiger partial charge in [-0.25, -0.2) is 13.4 Å². The molecule has 0 aliphatic rings. The summed E-state index contributed by atoms with van der Waals surface area (Å²) in [6.07, 6.45) is 0. The molecule has 0 fully saturated rings. The fourth-order valence-electron chi connectivity index (χ4n) is 0.279. The summed E-state index contributed by atoms with van der Waals surface area (Å²) in [4.78, 5) is 25.1. The molecule has 13 heavy (non-hydrogen) atoms. The van der Waals surface area contributed by atoms with Crippen LogP contribution in [0.4, 0.5) is 0 Å². The zero-order valence-electron chi connectivity index (χ0n) is 6.19. The van der Waals surface area contributed by atoms with E-state index in [0.29, 0.717) is 0 Å². The minimum absolute atomic E-state index is 0.739. The van der Waals surface area contributed by atoms with E-state index in [0.717, 1.165) is 7.11 Å². The van der Waals surface area contributed by atoms with Gasteiger partial charge in [-0.05, 0) is 0 Å². The van der Waals surface area contributed by atoms with Crippen molar-refractivity contribution in [2.45, 2.75) is 0 Å². The van der Waals surface area contributed by atoms with Gasteiger partial charge in [0.1, 0.15) is 0 Å². The maximum absolute atomic E-state index is 10.6. The first-order valence-corrected chi connectivity index (χ1v) is 6.79. The van der Waals surface area contributed by atoms with Gasteiger partial charge in [0.25, 0.3) is 0 Å². The molecule has 3 N–H and O–H groups in total. The Balaban J connectivity index is 4.43. The molecule has 0 bridgehead atoms. The highest BCUT2D eigenvalue weighted by Gasteiger charge is 2.35. The molecule has 80 valence electrons. The molecular weight excluding hydrogens is 249 g/mol. The second kappa shape index (κ2) is 4.79. The molecule has 0 aromatic carbocycles. The number of hydrogen-bond donors (Lipinski definition) is 3. The normalized spacial score (nSPS) is 23.1. The van der Waals surface area contributed by atoms with Crippen LogP contribution in [0.3, 0.4) is 0 Å². The molecule has 9 nitrogen and oxygen atoms in total. The van der Waals surface area contributed by atoms with E-state index in [1.54, 1.807) is 0 Å². The lowest BCUT2D eigenvalue weighted by atomic mass is 11.8. The van der Waals surface area contributed by atoms with E-state index in [1.165, 1.54) is 0 Å². The minimum atomic E-state index is -5.04. The van der Waals surface area contributed by atoms with Crippen molar-refractivity contribution in [3.8, 4) is 0 Å². The molecule has 12 heteroatoms. The summed E-state index contributed by atoms with van der Waals surface area (Å²) in [5.74, 6) is 0. The average molecular weight is 256 g/mol. The standard InChI is InChI=1S/CH7O9P3/c1-8-12(4,5)10-13(6,7)9-11(2)3/h11H,1H3,(H,2,3)(H,4,5)(H,6,7). The Labute approximate surface area is 73.4 Å². The van der Waals surface area contributed by atoms with E-state index < -0.39 is 23.9 Å². The number of phosphoric ester groups is 1. The highest BCUT2D eigenvalue weighted by atomic mass is 31.3. The van der Waals surface area contributed by atoms with Crippen molar-refractivity contribution in [2.75, 3.05) is 7.11 Å². The van der Waals surface area contributed by atoms with Crippen molar-refractivity contribution < 1.29 is 41.5 Å². The molecule has 0 aromatic heterocycles. The van der Waals surface area contributed by atoms with Crippen molar-refractivity contribution in [3.63, 3.8) is 0 Å². The van der Waals surface area contributed by atoms with E-state index in [2.05, 4.69) is 13.1 Å². The van der Waals surface area contributed by atoms with E-state index in [4.69, 9.17) is 14.7 Å². The molecule has 0 aromatic rings. The summed E-state index contributed by atoms with van der Waals surface area (Å²) >= 11 is 0. The predicted octanol–water partition coefficient (Wildman–Crippen LogP) is 0.249. The third-order valence-corrected chi connectivity index (χ3v) is 4.29. The molecule has 0 amide bonds. The average Bonchev–Trinajstić information content (AvgIpc) is 1.81. The topological polar surface area (TPSA) is 140 Å². The Morgan fingerprint density at radius 3 is 2.00 bits per heavy atom. The first-order valence-electron chi connectivity index (χ1n) is 2.54. The summed E-state index contributed by atoms with van der Waals surface area (Å²) in [6.45, 7) is 0. The Morgan fingerprint density at radius 1 is 1.23 bits per heavy atom. The lowest BCUT2D eigenvalue weighted by molar-refractivity contribution is 0.205. The van der Waals surface area contributed by atoms with Crippen LogP contribution in [0.25, 0.3) is 0 Å². The van der Waals surface area contributed by atoms with Crippen LogP contribution in [0, 0.1) is 0 Å². The zero-order valence-corrected chi connectivity index (χ0v) is 8.97. The zero-order chi connectivity index (χ0) is 10.7. The number of phosphoric acid groups is 2. The monoisotopic (exact) mass is 256 g/mol. The Hall–Kier alpha value is 0.450. The van der Waals surface area contributed by atoms with E-state index in [-0.39, 0.29) is 0 Å². The molecule has 0 radical (unpaired) electrons. The van der Waals surface area contributed by atoms with Gasteiger partial charge < -0.3 is 14.7 Å². The Morgan fingerprint density at radius 2 is 1.69 bits per heavy atom. The fraction of sp³-hybridized carbons (Fsp3) is 1.00. The van der Waals surface area contributed by atoms with Crippen LogP contribution >= 0.6 is 23.9 Å². The van der Waals surface area contributed by atoms with Crippen molar-refractivity contribution >= 4 is 23.9 Å². The van der Waals surface area contributed by atoms with Crippen molar-refractivity contribution in [2.24, 2.45) is 0 Å². The quantitative estimate of drug-likeness (QED) is 0.590. The van der Waals surface area contributed by atoms with Crippen molar-refractivity contribution in [1.29, 1.82) is 0 Å². The summed E-state index contributed by atoms with van der Waals surface area (Å²) < 4.78 is 41.7. The predicted molar refractivity (Wildman–Crippen MR) is 40.0 cm³/mol. The van der Waals surface area contributed by atoms with Crippen LogP contribution < -0.4 is 0 Å². The molecule has 0 saturated heterocycles. The third-order valence-electron chi connectivity index (χ3n) is 0.631. The van der Waals surface area contributed by atoms with Crippen molar-refractivity contribution in [3.05, 3.63) is 0 Å². The fourth-order valence-corrected chi connectivity index (χ4v) is 2.81. The molecule has 0 aliphatic heterocycles. The molecule has 0 spiro atoms. The second-order valence-electron chi connectivity index (χ2n) is 1.56. The minimum Gasteiger partial charge on any atom is -0.326 e. The smallest absolute Gasteiger partial charge is 0.326 e. The Kier molecular flexibility index (Phi) is 4.96. The highest BCUT2D eigenvalue weighted by Crippen LogP contribution is 2.62. The van der Waals surface area contributed by atoms with Gasteiger partial charge >= 0.3 is 23.9 Å². The van der Waals surface area contributed by atoms with Crippen LogP contribution in [0.2, 0.25) is 0 Å². The first-order chi connectivity index (χ1) is 5.68. The molecular formula is CH7O9P3. The molecule has 0 rings (SSSR count). The summed E-state index contributed by atoms with van der Waals surface area (Å²) in [5, 5.41) is 0. The summed E-state index contributed by atoms with van der Waals surface area (Å²) in [7, 11) is -12.8. The first kappa shape index (κ1) is 13.4. The summed E-state index contributed by atoms with van der Waals surface area (Å²) in [5.41, 5.74) is 0. The van der Waals surface area contributed by atoms with Crippen LogP contribution in [0.1, 0.15) is 0 Å². The highest BCUT2D eigenvalue weighted by molar-refractivity contribution is 7.64. The Bertz CT molecular complexity index is 281. The lowest BCUT2D eigenvalue weighted by Crippen LogP contribution is -1.91. The van der Waals surface area contributed by atoms with Gasteiger partial charge in [-0.2, -0.15) is 4.31 Å². The van der Waals surface area contributed by atoms with Gasteiger partial charge in [0, 0.05) is 7.11 Å². The van der Waals surface area contributed by atoms with Gasteiger partial charge in [0.2, 0.25) is 0 Å². The van der Waals surface area contributed by atoms with E-state index in [9.17, 15) is 13.7 Å². The third kappa shape index (κ3) is 6.51. The maximum atomic E-state index is 10.6. The largest absolute Gasteiger partial charge is 0.488 e. The second-order valence-corrected chi connectivity index (χ2v) is 5.71. The van der Waals surface area contributed by atoms with Gasteiger partial charge in [-0.1, -0.05) is 0 Å². The van der Waals surface area contributed by atoms with E-state index in [1.807, 2.05) is 0 Å². The maximum Gasteiger partial charge on any atom is 0.488 e. The van der Waals surface area contributed by atoms with Gasteiger partial charge in [0.15, 0.2) is 0 Å². The molecule has 0 heterocycles. The molecule has 3 unspecified atom stereocenters.